The van der Waals surface area contributed by atoms with E-state index in [-0.39, 0.29) is 17.9 Å². The van der Waals surface area contributed by atoms with Gasteiger partial charge in [-0.1, -0.05) is 45.4 Å². The third kappa shape index (κ3) is 16.1. The Hall–Kier alpha value is -1.39. The molecule has 5 nitrogen and oxygen atoms in total. The maximum Gasteiger partial charge on any atom is 0.305 e. The molecular weight excluding hydrogens is 330 g/mol. The summed E-state index contributed by atoms with van der Waals surface area (Å²) < 4.78 is 4.62. The molecule has 0 fully saturated rings. The second-order valence-electron chi connectivity index (χ2n) is 7.17. The van der Waals surface area contributed by atoms with Crippen molar-refractivity contribution in [3.05, 3.63) is 0 Å². The van der Waals surface area contributed by atoms with Crippen LogP contribution in [0.15, 0.2) is 0 Å². The number of esters is 1. The maximum atomic E-state index is 11.8. The fourth-order valence-electron chi connectivity index (χ4n) is 3.11. The summed E-state index contributed by atoms with van der Waals surface area (Å²) in [5.74, 6) is 0.216. The quantitative estimate of drug-likeness (QED) is 0.297. The Bertz CT molecular complexity index is 395. The summed E-state index contributed by atoms with van der Waals surface area (Å²) in [6.45, 7) is 3.69. The number of ketones is 1. The van der Waals surface area contributed by atoms with Crippen LogP contribution in [0.25, 0.3) is 0 Å². The van der Waals surface area contributed by atoms with Gasteiger partial charge < -0.3 is 10.1 Å². The van der Waals surface area contributed by atoms with Gasteiger partial charge in [0, 0.05) is 32.2 Å². The van der Waals surface area contributed by atoms with Crippen LogP contribution in [0.1, 0.15) is 104 Å². The van der Waals surface area contributed by atoms with Gasteiger partial charge in [-0.3, -0.25) is 14.4 Å². The van der Waals surface area contributed by atoms with E-state index in [1.807, 2.05) is 0 Å². The highest BCUT2D eigenvalue weighted by molar-refractivity contribution is 5.78. The predicted octanol–water partition coefficient (Wildman–Crippen LogP) is 4.71. The highest BCUT2D eigenvalue weighted by atomic mass is 16.5. The number of carbonyl (C=O) groups is 3. The summed E-state index contributed by atoms with van der Waals surface area (Å²) >= 11 is 0. The molecule has 152 valence electrons. The zero-order chi connectivity index (χ0) is 19.6. The molecule has 0 aliphatic rings. The number of ether oxygens (including phenoxy) is 1. The number of carbonyl (C=O) groups excluding carboxylic acids is 3. The predicted molar refractivity (Wildman–Crippen MR) is 105 cm³/mol. The molecular formula is C21H39NO4. The second kappa shape index (κ2) is 17.0. The van der Waals surface area contributed by atoms with Crippen LogP contribution in [-0.2, 0) is 19.1 Å². The molecule has 0 aromatic carbocycles. The number of amides is 1. The topological polar surface area (TPSA) is 72.5 Å². The molecule has 1 atom stereocenters. The minimum absolute atomic E-state index is 0.00218. The van der Waals surface area contributed by atoms with Gasteiger partial charge >= 0.3 is 5.97 Å². The summed E-state index contributed by atoms with van der Waals surface area (Å²) in [7, 11) is 1.42. The first kappa shape index (κ1) is 24.6. The highest BCUT2D eigenvalue weighted by Crippen LogP contribution is 2.14. The van der Waals surface area contributed by atoms with E-state index in [1.165, 1.54) is 7.11 Å². The molecule has 0 heterocycles. The Morgan fingerprint density at radius 3 is 2.04 bits per heavy atom. The van der Waals surface area contributed by atoms with E-state index in [0.29, 0.717) is 25.0 Å². The minimum Gasteiger partial charge on any atom is -0.469 e. The summed E-state index contributed by atoms with van der Waals surface area (Å²) in [4.78, 5) is 34.2. The number of methoxy groups -OCH3 is 1. The minimum atomic E-state index is -0.139. The van der Waals surface area contributed by atoms with Crippen molar-refractivity contribution in [1.82, 2.24) is 5.32 Å². The standard InChI is InChI=1S/C21H39NO4/c1-4-5-9-15-20(24)16-12-14-19(22-18(2)23)13-10-7-6-8-11-17-21(25)26-3/h19H,4-17H2,1-3H3,(H,22,23). The lowest BCUT2D eigenvalue weighted by Gasteiger charge is -2.17. The van der Waals surface area contributed by atoms with Gasteiger partial charge in [0.2, 0.25) is 5.91 Å². The normalized spacial score (nSPS) is 11.8. The zero-order valence-corrected chi connectivity index (χ0v) is 17.1. The van der Waals surface area contributed by atoms with Crippen LogP contribution in [0.3, 0.4) is 0 Å². The van der Waals surface area contributed by atoms with Crippen molar-refractivity contribution in [3.63, 3.8) is 0 Å². The molecule has 0 aromatic heterocycles. The molecule has 26 heavy (non-hydrogen) atoms. The monoisotopic (exact) mass is 369 g/mol. The first-order valence-electron chi connectivity index (χ1n) is 10.3. The molecule has 1 unspecified atom stereocenters. The number of hydrogen-bond donors (Lipinski definition) is 1. The summed E-state index contributed by atoms with van der Waals surface area (Å²) in [6, 6.07) is 0.172. The van der Waals surface area contributed by atoms with Crippen LogP contribution in [0.2, 0.25) is 0 Å². The van der Waals surface area contributed by atoms with Crippen molar-refractivity contribution in [2.24, 2.45) is 0 Å². The van der Waals surface area contributed by atoms with E-state index in [1.54, 1.807) is 6.92 Å². The van der Waals surface area contributed by atoms with E-state index in [4.69, 9.17) is 0 Å². The molecule has 1 amide bonds. The van der Waals surface area contributed by atoms with Gasteiger partial charge in [-0.15, -0.1) is 0 Å². The third-order valence-corrected chi connectivity index (χ3v) is 4.64. The van der Waals surface area contributed by atoms with Gasteiger partial charge in [-0.2, -0.15) is 0 Å². The van der Waals surface area contributed by atoms with Crippen LogP contribution in [0.5, 0.6) is 0 Å². The molecule has 0 aliphatic carbocycles. The molecule has 0 spiro atoms. The van der Waals surface area contributed by atoms with E-state index in [2.05, 4.69) is 17.0 Å². The number of rotatable bonds is 17. The molecule has 0 aliphatic heterocycles. The van der Waals surface area contributed by atoms with Crippen molar-refractivity contribution in [2.75, 3.05) is 7.11 Å². The Morgan fingerprint density at radius 1 is 0.808 bits per heavy atom. The highest BCUT2D eigenvalue weighted by Gasteiger charge is 2.11. The molecule has 0 rings (SSSR count). The van der Waals surface area contributed by atoms with Crippen LogP contribution >= 0.6 is 0 Å². The molecule has 0 saturated heterocycles. The third-order valence-electron chi connectivity index (χ3n) is 4.64. The van der Waals surface area contributed by atoms with Gasteiger partial charge in [-0.25, -0.2) is 0 Å². The zero-order valence-electron chi connectivity index (χ0n) is 17.1. The first-order valence-corrected chi connectivity index (χ1v) is 10.3. The van der Waals surface area contributed by atoms with Gasteiger partial charge in [0.15, 0.2) is 0 Å². The summed E-state index contributed by atoms with van der Waals surface area (Å²) in [5.41, 5.74) is 0. The fourth-order valence-corrected chi connectivity index (χ4v) is 3.11. The molecule has 0 aromatic rings. The Morgan fingerprint density at radius 2 is 1.38 bits per heavy atom. The van der Waals surface area contributed by atoms with Crippen LogP contribution in [0.4, 0.5) is 0 Å². The van der Waals surface area contributed by atoms with Crippen LogP contribution < -0.4 is 5.32 Å². The van der Waals surface area contributed by atoms with Crippen molar-refractivity contribution >= 4 is 17.7 Å². The molecule has 0 bridgehead atoms. The lowest BCUT2D eigenvalue weighted by Crippen LogP contribution is -2.33. The van der Waals surface area contributed by atoms with Crippen LogP contribution in [0, 0.1) is 0 Å². The largest absolute Gasteiger partial charge is 0.469 e. The lowest BCUT2D eigenvalue weighted by molar-refractivity contribution is -0.140. The SMILES string of the molecule is CCCCCC(=O)CCCC(CCCCCCCC(=O)OC)NC(C)=O. The van der Waals surface area contributed by atoms with E-state index in [9.17, 15) is 14.4 Å². The number of unbranched alkanes of at least 4 members (excludes halogenated alkanes) is 6. The second-order valence-corrected chi connectivity index (χ2v) is 7.17. The number of hydrogen-bond acceptors (Lipinski definition) is 4. The Kier molecular flexibility index (Phi) is 16.1. The van der Waals surface area contributed by atoms with Crippen molar-refractivity contribution in [2.45, 2.75) is 110 Å². The van der Waals surface area contributed by atoms with Gasteiger partial charge in [0.05, 0.1) is 7.11 Å². The van der Waals surface area contributed by atoms with Crippen LogP contribution in [-0.4, -0.2) is 30.8 Å². The number of nitrogens with one attached hydrogen (secondary N) is 1. The Labute approximate surface area is 159 Å². The summed E-state index contributed by atoms with van der Waals surface area (Å²) in [6.07, 6.45) is 13.0. The van der Waals surface area contributed by atoms with Gasteiger partial charge in [-0.05, 0) is 32.1 Å². The first-order chi connectivity index (χ1) is 12.5. The average Bonchev–Trinajstić information content (AvgIpc) is 2.60. The van der Waals surface area contributed by atoms with E-state index >= 15 is 0 Å². The molecule has 0 radical (unpaired) electrons. The van der Waals surface area contributed by atoms with E-state index < -0.39 is 0 Å². The van der Waals surface area contributed by atoms with E-state index in [0.717, 1.165) is 70.6 Å². The van der Waals surface area contributed by atoms with Crippen molar-refractivity contribution in [3.8, 4) is 0 Å². The molecule has 5 heteroatoms. The fraction of sp³-hybridized carbons (Fsp3) is 0.857. The number of Topliss-reactive ketones (excluding diaryl/α,β-unsaturated/α-hetero) is 1. The van der Waals surface area contributed by atoms with Crippen molar-refractivity contribution < 1.29 is 19.1 Å². The lowest BCUT2D eigenvalue weighted by atomic mass is 9.99. The molecule has 0 saturated carbocycles. The average molecular weight is 370 g/mol. The Balaban J connectivity index is 3.83. The molecule has 1 N–H and O–H groups in total. The maximum absolute atomic E-state index is 11.8. The van der Waals surface area contributed by atoms with Gasteiger partial charge in [0.1, 0.15) is 5.78 Å². The summed E-state index contributed by atoms with van der Waals surface area (Å²) in [5, 5.41) is 3.02. The van der Waals surface area contributed by atoms with Gasteiger partial charge in [0.25, 0.3) is 0 Å². The van der Waals surface area contributed by atoms with Crippen molar-refractivity contribution in [1.29, 1.82) is 0 Å². The smallest absolute Gasteiger partial charge is 0.305 e.